The number of carbonyl (C=O) groups is 1. The molecule has 1 fully saturated rings. The lowest BCUT2D eigenvalue weighted by atomic mass is 10.2. The molecule has 0 aromatic rings. The summed E-state index contributed by atoms with van der Waals surface area (Å²) >= 11 is 3.35. The topological polar surface area (TPSA) is 50.8 Å². The lowest BCUT2D eigenvalue weighted by Gasteiger charge is -2.24. The van der Waals surface area contributed by atoms with Crippen LogP contribution in [0.5, 0.6) is 0 Å². The minimum Gasteiger partial charge on any atom is -0.444 e. The van der Waals surface area contributed by atoms with Gasteiger partial charge in [0.1, 0.15) is 16.3 Å². The Morgan fingerprint density at radius 3 is 2.88 bits per heavy atom. The summed E-state index contributed by atoms with van der Waals surface area (Å²) in [5.74, 6) is 0. The zero-order valence-electron chi connectivity index (χ0n) is 9.54. The molecule has 0 unspecified atom stereocenters. The molecular formula is C10H15BrN2O3. The van der Waals surface area contributed by atoms with Crippen molar-refractivity contribution in [2.45, 2.75) is 32.5 Å². The summed E-state index contributed by atoms with van der Waals surface area (Å²) in [6.07, 6.45) is -0.347. The molecule has 0 aliphatic carbocycles. The fourth-order valence-electron chi connectivity index (χ4n) is 1.66. The summed E-state index contributed by atoms with van der Waals surface area (Å²) in [6.45, 7) is 6.65. The van der Waals surface area contributed by atoms with E-state index in [9.17, 15) is 4.79 Å². The Bertz CT molecular complexity index is 348. The van der Waals surface area contributed by atoms with Crippen LogP contribution in [0.1, 0.15) is 20.8 Å². The Balaban J connectivity index is 1.99. The van der Waals surface area contributed by atoms with Gasteiger partial charge in [-0.3, -0.25) is 10.3 Å². The summed E-state index contributed by atoms with van der Waals surface area (Å²) in [5.41, 5.74) is 3.35. The highest BCUT2D eigenvalue weighted by molar-refractivity contribution is 9.11. The molecule has 1 atom stereocenters. The van der Waals surface area contributed by atoms with Gasteiger partial charge >= 0.3 is 6.09 Å². The van der Waals surface area contributed by atoms with E-state index in [1.807, 2.05) is 20.8 Å². The largest absolute Gasteiger partial charge is 0.444 e. The average molecular weight is 291 g/mol. The van der Waals surface area contributed by atoms with Crippen LogP contribution in [0, 0.1) is 0 Å². The first-order valence-electron chi connectivity index (χ1n) is 5.15. The van der Waals surface area contributed by atoms with Crippen molar-refractivity contribution in [1.29, 1.82) is 0 Å². The standard InChI is InChI=1S/C10H15BrN2O3/c1-10(2,3)15-9(14)13-4-6-7(5-13)16-12-8(6)11/h7,12H,4-5H2,1-3H3/t7-/m0/s1. The number of nitrogens with zero attached hydrogens (tertiary/aromatic N) is 1. The maximum atomic E-state index is 11.8. The van der Waals surface area contributed by atoms with Crippen molar-refractivity contribution in [3.63, 3.8) is 0 Å². The molecule has 2 aliphatic rings. The molecule has 2 rings (SSSR count). The van der Waals surface area contributed by atoms with Gasteiger partial charge in [0.15, 0.2) is 0 Å². The molecule has 0 saturated carbocycles. The van der Waals surface area contributed by atoms with Crippen LogP contribution in [0.3, 0.4) is 0 Å². The van der Waals surface area contributed by atoms with Gasteiger partial charge in [-0.05, 0) is 36.7 Å². The number of likely N-dealkylation sites (tertiary alicyclic amines) is 1. The fraction of sp³-hybridized carbons (Fsp3) is 0.700. The van der Waals surface area contributed by atoms with Crippen molar-refractivity contribution >= 4 is 22.0 Å². The summed E-state index contributed by atoms with van der Waals surface area (Å²) in [4.78, 5) is 18.7. The van der Waals surface area contributed by atoms with Gasteiger partial charge in [0.2, 0.25) is 0 Å². The molecule has 0 spiro atoms. The van der Waals surface area contributed by atoms with E-state index < -0.39 is 5.60 Å². The Labute approximate surface area is 103 Å². The Morgan fingerprint density at radius 1 is 1.62 bits per heavy atom. The van der Waals surface area contributed by atoms with Crippen LogP contribution in [0.4, 0.5) is 4.79 Å². The number of amides is 1. The number of hydroxylamine groups is 1. The van der Waals surface area contributed by atoms with Crippen molar-refractivity contribution in [2.75, 3.05) is 13.1 Å². The number of carbonyl (C=O) groups excluding carboxylic acids is 1. The third kappa shape index (κ3) is 2.32. The van der Waals surface area contributed by atoms with Crippen molar-refractivity contribution < 1.29 is 14.4 Å². The maximum absolute atomic E-state index is 11.8. The SMILES string of the molecule is CC(C)(C)OC(=O)N1CC2=C(Br)NO[C@H]2C1. The molecule has 16 heavy (non-hydrogen) atoms. The Morgan fingerprint density at radius 2 is 2.31 bits per heavy atom. The van der Waals surface area contributed by atoms with Crippen molar-refractivity contribution in [2.24, 2.45) is 0 Å². The van der Waals surface area contributed by atoms with Gasteiger partial charge in [0.05, 0.1) is 13.1 Å². The molecule has 1 amide bonds. The highest BCUT2D eigenvalue weighted by atomic mass is 79.9. The molecule has 5 nitrogen and oxygen atoms in total. The zero-order chi connectivity index (χ0) is 11.9. The highest BCUT2D eigenvalue weighted by Gasteiger charge is 2.38. The number of ether oxygens (including phenoxy) is 1. The number of fused-ring (bicyclic) bond motifs is 1. The molecule has 2 aliphatic heterocycles. The average Bonchev–Trinajstić information content (AvgIpc) is 2.65. The smallest absolute Gasteiger partial charge is 0.410 e. The maximum Gasteiger partial charge on any atom is 0.410 e. The molecule has 0 aromatic heterocycles. The van der Waals surface area contributed by atoms with E-state index >= 15 is 0 Å². The summed E-state index contributed by atoms with van der Waals surface area (Å²) in [7, 11) is 0. The first-order chi connectivity index (χ1) is 7.37. The van der Waals surface area contributed by atoms with E-state index in [-0.39, 0.29) is 12.2 Å². The number of hydrogen-bond acceptors (Lipinski definition) is 4. The molecule has 2 heterocycles. The van der Waals surface area contributed by atoms with Crippen LogP contribution in [0.25, 0.3) is 0 Å². The Hall–Kier alpha value is -0.750. The monoisotopic (exact) mass is 290 g/mol. The second kappa shape index (κ2) is 3.92. The lowest BCUT2D eigenvalue weighted by molar-refractivity contribution is 0.0128. The molecule has 90 valence electrons. The second-order valence-electron chi connectivity index (χ2n) is 4.91. The predicted octanol–water partition coefficient (Wildman–Crippen LogP) is 1.75. The van der Waals surface area contributed by atoms with Gasteiger partial charge in [0.25, 0.3) is 0 Å². The van der Waals surface area contributed by atoms with Gasteiger partial charge in [-0.1, -0.05) is 0 Å². The highest BCUT2D eigenvalue weighted by Crippen LogP contribution is 2.29. The van der Waals surface area contributed by atoms with Gasteiger partial charge in [-0.15, -0.1) is 0 Å². The summed E-state index contributed by atoms with van der Waals surface area (Å²) < 4.78 is 6.12. The Kier molecular flexibility index (Phi) is 2.88. The fourth-order valence-corrected chi connectivity index (χ4v) is 2.13. The minimum atomic E-state index is -0.459. The van der Waals surface area contributed by atoms with E-state index in [0.29, 0.717) is 13.1 Å². The first-order valence-corrected chi connectivity index (χ1v) is 5.94. The van der Waals surface area contributed by atoms with E-state index in [0.717, 1.165) is 10.2 Å². The van der Waals surface area contributed by atoms with Gasteiger partial charge in [-0.25, -0.2) is 4.79 Å². The van der Waals surface area contributed by atoms with Crippen LogP contribution in [0.2, 0.25) is 0 Å². The van der Waals surface area contributed by atoms with Crippen LogP contribution in [-0.2, 0) is 9.57 Å². The molecule has 1 saturated heterocycles. The van der Waals surface area contributed by atoms with Crippen LogP contribution >= 0.6 is 15.9 Å². The van der Waals surface area contributed by atoms with Gasteiger partial charge in [-0.2, -0.15) is 0 Å². The number of halogens is 1. The van der Waals surface area contributed by atoms with Gasteiger partial charge < -0.3 is 9.64 Å². The van der Waals surface area contributed by atoms with E-state index in [1.54, 1.807) is 4.90 Å². The minimum absolute atomic E-state index is 0.0538. The number of nitrogens with one attached hydrogen (secondary N) is 1. The third-order valence-electron chi connectivity index (χ3n) is 2.36. The number of hydrogen-bond donors (Lipinski definition) is 1. The van der Waals surface area contributed by atoms with Crippen LogP contribution in [0.15, 0.2) is 10.2 Å². The molecule has 0 bridgehead atoms. The van der Waals surface area contributed by atoms with Crippen LogP contribution in [-0.4, -0.2) is 35.8 Å². The first kappa shape index (κ1) is 11.7. The molecule has 1 N–H and O–H groups in total. The third-order valence-corrected chi connectivity index (χ3v) is 3.03. The number of rotatable bonds is 0. The predicted molar refractivity (Wildman–Crippen MR) is 61.8 cm³/mol. The molecule has 0 radical (unpaired) electrons. The molecular weight excluding hydrogens is 276 g/mol. The van der Waals surface area contributed by atoms with Crippen LogP contribution < -0.4 is 5.48 Å². The van der Waals surface area contributed by atoms with Crippen molar-refractivity contribution in [1.82, 2.24) is 10.4 Å². The van der Waals surface area contributed by atoms with E-state index in [2.05, 4.69) is 21.4 Å². The van der Waals surface area contributed by atoms with Crippen molar-refractivity contribution in [3.05, 3.63) is 10.2 Å². The molecule has 0 aromatic carbocycles. The van der Waals surface area contributed by atoms with Gasteiger partial charge in [0, 0.05) is 5.57 Å². The zero-order valence-corrected chi connectivity index (χ0v) is 11.1. The lowest BCUT2D eigenvalue weighted by Crippen LogP contribution is -2.36. The summed E-state index contributed by atoms with van der Waals surface area (Å²) in [5, 5.41) is 0. The quantitative estimate of drug-likeness (QED) is 0.691. The molecule has 6 heteroatoms. The van der Waals surface area contributed by atoms with Crippen molar-refractivity contribution in [3.8, 4) is 0 Å². The normalized spacial score (nSPS) is 24.5. The van der Waals surface area contributed by atoms with E-state index in [4.69, 9.17) is 9.57 Å². The summed E-state index contributed by atoms with van der Waals surface area (Å²) in [6, 6.07) is 0. The second-order valence-corrected chi connectivity index (χ2v) is 5.70. The van der Waals surface area contributed by atoms with E-state index in [1.165, 1.54) is 0 Å².